The van der Waals surface area contributed by atoms with E-state index in [0.29, 0.717) is 28.8 Å². The number of nitrogens with one attached hydrogen (secondary N) is 1. The lowest BCUT2D eigenvalue weighted by molar-refractivity contribution is -0.119. The topological polar surface area (TPSA) is 91.6 Å². The lowest BCUT2D eigenvalue weighted by atomic mass is 9.81. The highest BCUT2D eigenvalue weighted by molar-refractivity contribution is 6.31. The zero-order valence-corrected chi connectivity index (χ0v) is 22.9. The standard InChI is InChI=1S/C28H32ClF2N3O5/c1-4-39-24-11-10-19(29)14-21(24)23(35)12-13-28(17-30,18-31)15-25(36)32-26-22(16-38-3)33(2)34(27(26)37)20-8-6-5-7-9-20/h5-11,14H,4,12-13,15-18H2,1-3H3,(H,32,36). The molecule has 1 N–H and O–H groups in total. The maximum absolute atomic E-state index is 14.2. The van der Waals surface area contributed by atoms with Crippen molar-refractivity contribution < 1.29 is 27.8 Å². The second kappa shape index (κ2) is 13.5. The van der Waals surface area contributed by atoms with Crippen molar-refractivity contribution in [1.82, 2.24) is 9.36 Å². The number of Topliss-reactive ketones (excluding diaryl/α,β-unsaturated/α-hetero) is 1. The molecule has 1 aromatic heterocycles. The summed E-state index contributed by atoms with van der Waals surface area (Å²) in [5, 5.41) is 2.86. The van der Waals surface area contributed by atoms with Crippen LogP contribution < -0.4 is 15.6 Å². The molecule has 3 rings (SSSR count). The van der Waals surface area contributed by atoms with E-state index in [1.54, 1.807) is 61.1 Å². The van der Waals surface area contributed by atoms with Gasteiger partial charge in [-0.25, -0.2) is 4.68 Å². The van der Waals surface area contributed by atoms with Gasteiger partial charge >= 0.3 is 0 Å². The van der Waals surface area contributed by atoms with E-state index in [1.165, 1.54) is 17.9 Å². The predicted molar refractivity (Wildman–Crippen MR) is 146 cm³/mol. The molecule has 2 aromatic carbocycles. The van der Waals surface area contributed by atoms with E-state index in [-0.39, 0.29) is 30.7 Å². The molecule has 210 valence electrons. The summed E-state index contributed by atoms with van der Waals surface area (Å²) >= 11 is 6.03. The summed E-state index contributed by atoms with van der Waals surface area (Å²) in [5.41, 5.74) is -1.17. The van der Waals surface area contributed by atoms with E-state index in [2.05, 4.69) is 5.32 Å². The molecule has 0 aliphatic carbocycles. The zero-order chi connectivity index (χ0) is 28.6. The molecule has 0 atom stereocenters. The number of hydrogen-bond donors (Lipinski definition) is 1. The van der Waals surface area contributed by atoms with Crippen LogP contribution in [0.25, 0.3) is 5.69 Å². The third-order valence-electron chi connectivity index (χ3n) is 6.46. The highest BCUT2D eigenvalue weighted by Crippen LogP contribution is 2.33. The van der Waals surface area contributed by atoms with Gasteiger partial charge in [0.15, 0.2) is 5.78 Å². The second-order valence-corrected chi connectivity index (χ2v) is 9.66. The van der Waals surface area contributed by atoms with Gasteiger partial charge in [-0.05, 0) is 43.7 Å². The smallest absolute Gasteiger partial charge is 0.295 e. The van der Waals surface area contributed by atoms with E-state index in [0.717, 1.165) is 0 Å². The number of para-hydroxylation sites is 1. The van der Waals surface area contributed by atoms with Crippen molar-refractivity contribution in [2.45, 2.75) is 32.8 Å². The van der Waals surface area contributed by atoms with Gasteiger partial charge in [0.1, 0.15) is 11.4 Å². The van der Waals surface area contributed by atoms with Gasteiger partial charge in [-0.3, -0.25) is 27.8 Å². The number of aromatic nitrogens is 2. The van der Waals surface area contributed by atoms with Crippen LogP contribution in [0.4, 0.5) is 14.5 Å². The van der Waals surface area contributed by atoms with Crippen LogP contribution in [0.5, 0.6) is 5.75 Å². The first-order valence-corrected chi connectivity index (χ1v) is 12.8. The number of ether oxygens (including phenoxy) is 2. The molecule has 0 aliphatic rings. The van der Waals surface area contributed by atoms with Gasteiger partial charge < -0.3 is 14.8 Å². The summed E-state index contributed by atoms with van der Waals surface area (Å²) in [4.78, 5) is 39.3. The summed E-state index contributed by atoms with van der Waals surface area (Å²) in [7, 11) is 3.09. The first-order chi connectivity index (χ1) is 18.7. The summed E-state index contributed by atoms with van der Waals surface area (Å²) in [6.07, 6.45) is -1.05. The van der Waals surface area contributed by atoms with Crippen LogP contribution in [0.3, 0.4) is 0 Å². The average molecular weight is 564 g/mol. The number of rotatable bonds is 14. The lowest BCUT2D eigenvalue weighted by Gasteiger charge is -2.27. The number of alkyl halides is 2. The summed E-state index contributed by atoms with van der Waals surface area (Å²) in [5.74, 6) is -0.847. The highest BCUT2D eigenvalue weighted by atomic mass is 35.5. The van der Waals surface area contributed by atoms with E-state index in [4.69, 9.17) is 21.1 Å². The first-order valence-electron chi connectivity index (χ1n) is 12.4. The Morgan fingerprint density at radius 2 is 1.79 bits per heavy atom. The number of anilines is 1. The monoisotopic (exact) mass is 563 g/mol. The van der Waals surface area contributed by atoms with E-state index in [1.807, 2.05) is 0 Å². The van der Waals surface area contributed by atoms with E-state index in [9.17, 15) is 23.2 Å². The molecule has 8 nitrogen and oxygen atoms in total. The molecule has 0 spiro atoms. The molecular weight excluding hydrogens is 532 g/mol. The van der Waals surface area contributed by atoms with Crippen LogP contribution in [0.1, 0.15) is 42.2 Å². The molecule has 0 radical (unpaired) electrons. The van der Waals surface area contributed by atoms with Crippen LogP contribution >= 0.6 is 11.6 Å². The maximum Gasteiger partial charge on any atom is 0.295 e. The molecule has 1 amide bonds. The maximum atomic E-state index is 14.2. The number of benzene rings is 2. The van der Waals surface area contributed by atoms with Gasteiger partial charge in [-0.15, -0.1) is 0 Å². The second-order valence-electron chi connectivity index (χ2n) is 9.22. The minimum Gasteiger partial charge on any atom is -0.493 e. The number of hydrogen-bond acceptors (Lipinski definition) is 5. The van der Waals surface area contributed by atoms with E-state index < -0.39 is 42.4 Å². The normalized spacial score (nSPS) is 11.4. The highest BCUT2D eigenvalue weighted by Gasteiger charge is 2.35. The first kappa shape index (κ1) is 30.0. The van der Waals surface area contributed by atoms with Crippen LogP contribution in [0, 0.1) is 5.41 Å². The molecule has 0 saturated carbocycles. The SMILES string of the molecule is CCOc1ccc(Cl)cc1C(=O)CCC(CF)(CF)CC(=O)Nc1c(COC)n(C)n(-c2ccccc2)c1=O. The van der Waals surface area contributed by atoms with Gasteiger partial charge in [0.25, 0.3) is 5.56 Å². The number of nitrogens with zero attached hydrogens (tertiary/aromatic N) is 2. The van der Waals surface area contributed by atoms with Crippen molar-refractivity contribution in [2.24, 2.45) is 12.5 Å². The Morgan fingerprint density at radius 3 is 2.41 bits per heavy atom. The van der Waals surface area contributed by atoms with Crippen molar-refractivity contribution in [2.75, 3.05) is 32.4 Å². The van der Waals surface area contributed by atoms with Crippen LogP contribution in [0.15, 0.2) is 53.3 Å². The summed E-state index contributed by atoms with van der Waals surface area (Å²) in [6.45, 7) is -0.261. The number of methoxy groups -OCH3 is 1. The largest absolute Gasteiger partial charge is 0.493 e. The van der Waals surface area contributed by atoms with Crippen molar-refractivity contribution in [3.8, 4) is 11.4 Å². The quantitative estimate of drug-likeness (QED) is 0.269. The fraction of sp³-hybridized carbons (Fsp3) is 0.393. The zero-order valence-electron chi connectivity index (χ0n) is 22.1. The molecule has 0 saturated heterocycles. The van der Waals surface area contributed by atoms with Gasteiger partial charge in [-0.2, -0.15) is 0 Å². The predicted octanol–water partition coefficient (Wildman–Crippen LogP) is 5.29. The number of halogens is 3. The Labute approximate surface area is 230 Å². The molecule has 39 heavy (non-hydrogen) atoms. The number of carbonyl (C=O) groups is 2. The van der Waals surface area contributed by atoms with Crippen molar-refractivity contribution >= 4 is 29.0 Å². The lowest BCUT2D eigenvalue weighted by Crippen LogP contribution is -2.33. The average Bonchev–Trinajstić information content (AvgIpc) is 3.16. The van der Waals surface area contributed by atoms with Crippen LogP contribution in [-0.2, 0) is 23.2 Å². The molecular formula is C28H32ClF2N3O5. The Morgan fingerprint density at radius 1 is 1.10 bits per heavy atom. The van der Waals surface area contributed by atoms with Crippen molar-refractivity contribution in [3.63, 3.8) is 0 Å². The molecule has 0 fully saturated rings. The van der Waals surface area contributed by atoms with Crippen molar-refractivity contribution in [3.05, 3.63) is 75.2 Å². The van der Waals surface area contributed by atoms with Crippen molar-refractivity contribution in [1.29, 1.82) is 0 Å². The van der Waals surface area contributed by atoms with E-state index >= 15 is 0 Å². The minimum absolute atomic E-state index is 0.00878. The Kier molecular flexibility index (Phi) is 10.4. The summed E-state index contributed by atoms with van der Waals surface area (Å²) < 4.78 is 42.1. The minimum atomic E-state index is -1.75. The molecule has 0 aliphatic heterocycles. The number of carbonyl (C=O) groups excluding carboxylic acids is 2. The molecule has 11 heteroatoms. The van der Waals surface area contributed by atoms with Gasteiger partial charge in [0, 0.05) is 37.4 Å². The number of amides is 1. The molecule has 0 unspecified atom stereocenters. The Bertz CT molecular complexity index is 1350. The Balaban J connectivity index is 1.81. The molecule has 0 bridgehead atoms. The van der Waals surface area contributed by atoms with Gasteiger partial charge in [0.05, 0.1) is 43.5 Å². The van der Waals surface area contributed by atoms with Crippen LogP contribution in [-0.4, -0.2) is 48.1 Å². The van der Waals surface area contributed by atoms with Gasteiger partial charge in [0.2, 0.25) is 5.91 Å². The summed E-state index contributed by atoms with van der Waals surface area (Å²) in [6, 6.07) is 13.4. The molecule has 3 aromatic rings. The number of ketones is 1. The fourth-order valence-electron chi connectivity index (χ4n) is 4.33. The Hall–Kier alpha value is -3.50. The van der Waals surface area contributed by atoms with Gasteiger partial charge in [-0.1, -0.05) is 29.8 Å². The fourth-order valence-corrected chi connectivity index (χ4v) is 4.50. The third kappa shape index (κ3) is 6.93. The molecule has 1 heterocycles. The van der Waals surface area contributed by atoms with Crippen LogP contribution in [0.2, 0.25) is 5.02 Å². The third-order valence-corrected chi connectivity index (χ3v) is 6.69.